The predicted molar refractivity (Wildman–Crippen MR) is 101 cm³/mol. The fraction of sp³-hybridized carbons (Fsp3) is 0.421. The SMILES string of the molecule is Cc1cc(C(=O)NCCCN(C)C)nc(Nc2cccc(C)c2C)n1. The second kappa shape index (κ2) is 8.58. The fourth-order valence-corrected chi connectivity index (χ4v) is 2.44. The third kappa shape index (κ3) is 5.53. The number of anilines is 2. The van der Waals surface area contributed by atoms with Crippen molar-refractivity contribution in [2.75, 3.05) is 32.5 Å². The van der Waals surface area contributed by atoms with Crippen LogP contribution in [0.1, 0.15) is 33.7 Å². The molecule has 0 aliphatic heterocycles. The first-order valence-corrected chi connectivity index (χ1v) is 8.48. The van der Waals surface area contributed by atoms with Gasteiger partial charge in [0.25, 0.3) is 5.91 Å². The molecule has 2 rings (SSSR count). The van der Waals surface area contributed by atoms with Gasteiger partial charge in [0.15, 0.2) is 0 Å². The molecule has 25 heavy (non-hydrogen) atoms. The van der Waals surface area contributed by atoms with Crippen molar-refractivity contribution in [2.45, 2.75) is 27.2 Å². The van der Waals surface area contributed by atoms with Crippen LogP contribution in [0.3, 0.4) is 0 Å². The molecule has 0 aliphatic rings. The number of nitrogens with one attached hydrogen (secondary N) is 2. The Morgan fingerprint density at radius 2 is 1.92 bits per heavy atom. The molecule has 2 N–H and O–H groups in total. The van der Waals surface area contributed by atoms with Gasteiger partial charge in [-0.25, -0.2) is 9.97 Å². The van der Waals surface area contributed by atoms with E-state index in [1.807, 2.05) is 40.1 Å². The smallest absolute Gasteiger partial charge is 0.270 e. The standard InChI is InChI=1S/C19H27N5O/c1-13-8-6-9-16(15(13)3)22-19-21-14(2)12-17(23-19)18(25)20-10-7-11-24(4)5/h6,8-9,12H,7,10-11H2,1-5H3,(H,20,25)(H,21,22,23). The second-order valence-electron chi connectivity index (χ2n) is 6.50. The van der Waals surface area contributed by atoms with Gasteiger partial charge in [0.2, 0.25) is 5.95 Å². The molecule has 0 saturated heterocycles. The van der Waals surface area contributed by atoms with E-state index in [1.165, 1.54) is 5.56 Å². The van der Waals surface area contributed by atoms with Crippen LogP contribution in [-0.2, 0) is 0 Å². The van der Waals surface area contributed by atoms with Crippen molar-refractivity contribution in [3.63, 3.8) is 0 Å². The molecule has 0 fully saturated rings. The largest absolute Gasteiger partial charge is 0.351 e. The van der Waals surface area contributed by atoms with Gasteiger partial charge in [-0.2, -0.15) is 0 Å². The van der Waals surface area contributed by atoms with E-state index < -0.39 is 0 Å². The lowest BCUT2D eigenvalue weighted by atomic mass is 10.1. The van der Waals surface area contributed by atoms with Gasteiger partial charge in [-0.3, -0.25) is 4.79 Å². The molecule has 1 aromatic carbocycles. The molecule has 0 saturated carbocycles. The highest BCUT2D eigenvalue weighted by Gasteiger charge is 2.11. The molecule has 1 aromatic heterocycles. The first-order chi connectivity index (χ1) is 11.9. The average Bonchev–Trinajstić information content (AvgIpc) is 2.55. The van der Waals surface area contributed by atoms with Gasteiger partial charge in [0.05, 0.1) is 0 Å². The van der Waals surface area contributed by atoms with Crippen LogP contribution in [0.4, 0.5) is 11.6 Å². The van der Waals surface area contributed by atoms with Gasteiger partial charge >= 0.3 is 0 Å². The number of nitrogens with zero attached hydrogens (tertiary/aromatic N) is 3. The number of benzene rings is 1. The minimum Gasteiger partial charge on any atom is -0.351 e. The molecular formula is C19H27N5O. The fourth-order valence-electron chi connectivity index (χ4n) is 2.44. The van der Waals surface area contributed by atoms with Crippen LogP contribution in [0, 0.1) is 20.8 Å². The number of carbonyl (C=O) groups excluding carboxylic acids is 1. The maximum atomic E-state index is 12.3. The number of carbonyl (C=O) groups is 1. The third-order valence-corrected chi connectivity index (χ3v) is 4.01. The van der Waals surface area contributed by atoms with Crippen molar-refractivity contribution >= 4 is 17.5 Å². The predicted octanol–water partition coefficient (Wildman–Crippen LogP) is 2.83. The summed E-state index contributed by atoms with van der Waals surface area (Å²) in [6, 6.07) is 7.73. The molecule has 0 aliphatic carbocycles. The molecule has 2 aromatic rings. The van der Waals surface area contributed by atoms with Crippen LogP contribution in [0.15, 0.2) is 24.3 Å². The molecular weight excluding hydrogens is 314 g/mol. The number of hydrogen-bond acceptors (Lipinski definition) is 5. The summed E-state index contributed by atoms with van der Waals surface area (Å²) in [5.41, 5.74) is 4.41. The molecule has 0 radical (unpaired) electrons. The molecule has 0 atom stereocenters. The van der Waals surface area contributed by atoms with Gasteiger partial charge in [-0.05, 0) is 71.1 Å². The number of aromatic nitrogens is 2. The lowest BCUT2D eigenvalue weighted by Gasteiger charge is -2.12. The Hall–Kier alpha value is -2.47. The summed E-state index contributed by atoms with van der Waals surface area (Å²) in [6.45, 7) is 7.52. The van der Waals surface area contributed by atoms with Gasteiger partial charge in [0, 0.05) is 17.9 Å². The van der Waals surface area contributed by atoms with Gasteiger partial charge in [-0.15, -0.1) is 0 Å². The van der Waals surface area contributed by atoms with E-state index in [1.54, 1.807) is 6.07 Å². The summed E-state index contributed by atoms with van der Waals surface area (Å²) in [4.78, 5) is 23.2. The van der Waals surface area contributed by atoms with E-state index in [4.69, 9.17) is 0 Å². The summed E-state index contributed by atoms with van der Waals surface area (Å²) in [5.74, 6) is 0.264. The van der Waals surface area contributed by atoms with Crippen LogP contribution in [-0.4, -0.2) is 48.0 Å². The molecule has 134 valence electrons. The lowest BCUT2D eigenvalue weighted by molar-refractivity contribution is 0.0947. The monoisotopic (exact) mass is 341 g/mol. The van der Waals surface area contributed by atoms with E-state index in [0.717, 1.165) is 29.9 Å². The first kappa shape index (κ1) is 18.9. The molecule has 0 unspecified atom stereocenters. The normalized spacial score (nSPS) is 10.8. The first-order valence-electron chi connectivity index (χ1n) is 8.48. The van der Waals surface area contributed by atoms with Crippen LogP contribution in [0.5, 0.6) is 0 Å². The molecule has 0 spiro atoms. The number of amides is 1. The van der Waals surface area contributed by atoms with Gasteiger partial charge in [0.1, 0.15) is 5.69 Å². The number of rotatable bonds is 7. The zero-order valence-electron chi connectivity index (χ0n) is 15.7. The molecule has 1 amide bonds. The average molecular weight is 341 g/mol. The minimum atomic E-state index is -0.173. The van der Waals surface area contributed by atoms with E-state index in [2.05, 4.69) is 38.5 Å². The van der Waals surface area contributed by atoms with Crippen molar-refractivity contribution in [2.24, 2.45) is 0 Å². The van der Waals surface area contributed by atoms with Crippen molar-refractivity contribution in [1.82, 2.24) is 20.2 Å². The Bertz CT molecular complexity index is 743. The maximum Gasteiger partial charge on any atom is 0.270 e. The van der Waals surface area contributed by atoms with Crippen molar-refractivity contribution < 1.29 is 4.79 Å². The van der Waals surface area contributed by atoms with Crippen LogP contribution in [0.25, 0.3) is 0 Å². The zero-order chi connectivity index (χ0) is 18.4. The van der Waals surface area contributed by atoms with E-state index in [-0.39, 0.29) is 5.91 Å². The van der Waals surface area contributed by atoms with Crippen LogP contribution in [0.2, 0.25) is 0 Å². The maximum absolute atomic E-state index is 12.3. The highest BCUT2D eigenvalue weighted by molar-refractivity contribution is 5.92. The molecule has 1 heterocycles. The second-order valence-corrected chi connectivity index (χ2v) is 6.50. The highest BCUT2D eigenvalue weighted by Crippen LogP contribution is 2.21. The topological polar surface area (TPSA) is 70.2 Å². The highest BCUT2D eigenvalue weighted by atomic mass is 16.1. The Labute approximate surface area is 149 Å². The van der Waals surface area contributed by atoms with Crippen LogP contribution < -0.4 is 10.6 Å². The summed E-state index contributed by atoms with van der Waals surface area (Å²) in [7, 11) is 4.03. The lowest BCUT2D eigenvalue weighted by Crippen LogP contribution is -2.28. The number of hydrogen-bond donors (Lipinski definition) is 2. The van der Waals surface area contributed by atoms with Crippen molar-refractivity contribution in [1.29, 1.82) is 0 Å². The summed E-state index contributed by atoms with van der Waals surface area (Å²) in [6.07, 6.45) is 0.899. The van der Waals surface area contributed by atoms with Gasteiger partial charge in [-0.1, -0.05) is 12.1 Å². The van der Waals surface area contributed by atoms with Crippen molar-refractivity contribution in [3.05, 3.63) is 46.8 Å². The quantitative estimate of drug-likeness (QED) is 0.758. The Morgan fingerprint density at radius 1 is 1.16 bits per heavy atom. The Morgan fingerprint density at radius 3 is 2.64 bits per heavy atom. The minimum absolute atomic E-state index is 0.173. The molecule has 0 bridgehead atoms. The van der Waals surface area contributed by atoms with E-state index in [9.17, 15) is 4.79 Å². The summed E-state index contributed by atoms with van der Waals surface area (Å²) in [5, 5.41) is 6.13. The summed E-state index contributed by atoms with van der Waals surface area (Å²) < 4.78 is 0. The number of aryl methyl sites for hydroxylation is 2. The van der Waals surface area contributed by atoms with E-state index in [0.29, 0.717) is 18.2 Å². The molecule has 6 heteroatoms. The van der Waals surface area contributed by atoms with E-state index >= 15 is 0 Å². The van der Waals surface area contributed by atoms with Crippen molar-refractivity contribution in [3.8, 4) is 0 Å². The Balaban J connectivity index is 2.09. The molecule has 6 nitrogen and oxygen atoms in total. The zero-order valence-corrected chi connectivity index (χ0v) is 15.7. The Kier molecular flexibility index (Phi) is 6.47. The third-order valence-electron chi connectivity index (χ3n) is 4.01. The van der Waals surface area contributed by atoms with Gasteiger partial charge < -0.3 is 15.5 Å². The van der Waals surface area contributed by atoms with Crippen LogP contribution >= 0.6 is 0 Å². The summed E-state index contributed by atoms with van der Waals surface area (Å²) >= 11 is 0.